The molecule has 0 N–H and O–H groups in total. The number of fused-ring (bicyclic) bond motifs is 1. The standard InChI is InChI=1S/C15H13ClN2O/c1-18-15-5-3-2-4-13(15)14(17-18)10-19-12-8-6-11(16)7-9-12/h2-9H,10H2,1H3. The molecule has 2 aromatic carbocycles. The van der Waals surface area contributed by atoms with Crippen molar-refractivity contribution in [1.29, 1.82) is 0 Å². The van der Waals surface area contributed by atoms with Crippen molar-refractivity contribution in [1.82, 2.24) is 9.78 Å². The molecule has 0 saturated carbocycles. The maximum absolute atomic E-state index is 5.84. The van der Waals surface area contributed by atoms with Crippen molar-refractivity contribution < 1.29 is 4.74 Å². The topological polar surface area (TPSA) is 27.1 Å². The molecular formula is C15H13ClN2O. The molecule has 0 fully saturated rings. The van der Waals surface area contributed by atoms with Gasteiger partial charge in [-0.3, -0.25) is 4.68 Å². The number of nitrogens with zero attached hydrogens (tertiary/aromatic N) is 2. The number of aromatic nitrogens is 2. The minimum atomic E-state index is 0.447. The van der Waals surface area contributed by atoms with Gasteiger partial charge in [0.25, 0.3) is 0 Å². The van der Waals surface area contributed by atoms with Crippen LogP contribution in [0.1, 0.15) is 5.69 Å². The molecule has 0 aliphatic rings. The molecule has 0 spiro atoms. The number of benzene rings is 2. The summed E-state index contributed by atoms with van der Waals surface area (Å²) in [5.74, 6) is 0.791. The highest BCUT2D eigenvalue weighted by Gasteiger charge is 2.08. The molecule has 0 aliphatic carbocycles. The largest absolute Gasteiger partial charge is 0.487 e. The lowest BCUT2D eigenvalue weighted by Gasteiger charge is -2.04. The molecule has 4 heteroatoms. The molecule has 0 amide bonds. The first-order chi connectivity index (χ1) is 9.24. The predicted molar refractivity (Wildman–Crippen MR) is 76.5 cm³/mol. The van der Waals surface area contributed by atoms with Gasteiger partial charge in [-0.15, -0.1) is 0 Å². The molecule has 3 nitrogen and oxygen atoms in total. The van der Waals surface area contributed by atoms with E-state index in [0.717, 1.165) is 22.3 Å². The number of halogens is 1. The summed E-state index contributed by atoms with van der Waals surface area (Å²) in [7, 11) is 1.94. The molecule has 3 aromatic rings. The van der Waals surface area contributed by atoms with Gasteiger partial charge in [-0.05, 0) is 30.3 Å². The van der Waals surface area contributed by atoms with E-state index in [0.29, 0.717) is 11.6 Å². The molecule has 96 valence electrons. The summed E-state index contributed by atoms with van der Waals surface area (Å²) in [4.78, 5) is 0. The maximum atomic E-state index is 5.84. The van der Waals surface area contributed by atoms with Crippen LogP contribution in [0.25, 0.3) is 10.9 Å². The lowest BCUT2D eigenvalue weighted by molar-refractivity contribution is 0.301. The molecule has 3 rings (SSSR count). The number of hydrogen-bond acceptors (Lipinski definition) is 2. The lowest BCUT2D eigenvalue weighted by atomic mass is 10.2. The normalized spacial score (nSPS) is 10.8. The quantitative estimate of drug-likeness (QED) is 0.725. The number of hydrogen-bond donors (Lipinski definition) is 0. The number of rotatable bonds is 3. The lowest BCUT2D eigenvalue weighted by Crippen LogP contribution is -1.98. The van der Waals surface area contributed by atoms with Crippen molar-refractivity contribution in [3.05, 3.63) is 59.2 Å². The summed E-state index contributed by atoms with van der Waals surface area (Å²) < 4.78 is 7.60. The van der Waals surface area contributed by atoms with Gasteiger partial charge in [-0.25, -0.2) is 0 Å². The van der Waals surface area contributed by atoms with Crippen LogP contribution in [0.5, 0.6) is 5.75 Å². The first-order valence-corrected chi connectivity index (χ1v) is 6.41. The average Bonchev–Trinajstić information content (AvgIpc) is 2.76. The van der Waals surface area contributed by atoms with E-state index in [2.05, 4.69) is 11.2 Å². The van der Waals surface area contributed by atoms with Gasteiger partial charge in [-0.1, -0.05) is 29.8 Å². The summed E-state index contributed by atoms with van der Waals surface area (Å²) in [6.07, 6.45) is 0. The summed E-state index contributed by atoms with van der Waals surface area (Å²) in [6, 6.07) is 15.5. The van der Waals surface area contributed by atoms with Crippen LogP contribution in [0.3, 0.4) is 0 Å². The monoisotopic (exact) mass is 272 g/mol. The Balaban J connectivity index is 1.84. The van der Waals surface area contributed by atoms with Gasteiger partial charge in [0, 0.05) is 17.5 Å². The van der Waals surface area contributed by atoms with Crippen LogP contribution < -0.4 is 4.74 Å². The van der Waals surface area contributed by atoms with E-state index in [9.17, 15) is 0 Å². The zero-order chi connectivity index (χ0) is 13.2. The van der Waals surface area contributed by atoms with E-state index in [1.165, 1.54) is 0 Å². The van der Waals surface area contributed by atoms with E-state index in [1.54, 1.807) is 0 Å². The molecule has 19 heavy (non-hydrogen) atoms. The highest BCUT2D eigenvalue weighted by Crippen LogP contribution is 2.20. The van der Waals surface area contributed by atoms with Gasteiger partial charge in [0.1, 0.15) is 18.1 Å². The van der Waals surface area contributed by atoms with E-state index in [-0.39, 0.29) is 0 Å². The molecule has 1 heterocycles. The van der Waals surface area contributed by atoms with E-state index in [4.69, 9.17) is 16.3 Å². The molecule has 0 radical (unpaired) electrons. The summed E-state index contributed by atoms with van der Waals surface area (Å²) in [5.41, 5.74) is 2.05. The summed E-state index contributed by atoms with van der Waals surface area (Å²) in [6.45, 7) is 0.447. The van der Waals surface area contributed by atoms with Gasteiger partial charge in [-0.2, -0.15) is 5.10 Å². The Morgan fingerprint density at radius 3 is 2.63 bits per heavy atom. The Bertz CT molecular complexity index is 704. The van der Waals surface area contributed by atoms with Crippen molar-refractivity contribution in [2.45, 2.75) is 6.61 Å². The zero-order valence-electron chi connectivity index (χ0n) is 10.5. The van der Waals surface area contributed by atoms with Crippen molar-refractivity contribution in [3.8, 4) is 5.75 Å². The molecule has 0 saturated heterocycles. The molecule has 1 aromatic heterocycles. The van der Waals surface area contributed by atoms with Gasteiger partial charge < -0.3 is 4.74 Å². The Kier molecular flexibility index (Phi) is 3.13. The third-order valence-electron chi connectivity index (χ3n) is 3.02. The van der Waals surface area contributed by atoms with Crippen LogP contribution in [0.15, 0.2) is 48.5 Å². The molecule has 0 unspecified atom stereocenters. The second kappa shape index (κ2) is 4.94. The van der Waals surface area contributed by atoms with E-state index < -0.39 is 0 Å². The number of ether oxygens (including phenoxy) is 1. The highest BCUT2D eigenvalue weighted by atomic mass is 35.5. The van der Waals surface area contributed by atoms with E-state index >= 15 is 0 Å². The van der Waals surface area contributed by atoms with Crippen molar-refractivity contribution >= 4 is 22.5 Å². The van der Waals surface area contributed by atoms with Gasteiger partial charge in [0.2, 0.25) is 0 Å². The Labute approximate surface area is 116 Å². The van der Waals surface area contributed by atoms with Crippen LogP contribution >= 0.6 is 11.6 Å². The van der Waals surface area contributed by atoms with Crippen molar-refractivity contribution in [3.63, 3.8) is 0 Å². The smallest absolute Gasteiger partial charge is 0.133 e. The Hall–Kier alpha value is -2.00. The second-order valence-corrected chi connectivity index (χ2v) is 4.77. The van der Waals surface area contributed by atoms with Crippen LogP contribution in [0.2, 0.25) is 5.02 Å². The van der Waals surface area contributed by atoms with Crippen LogP contribution in [-0.2, 0) is 13.7 Å². The van der Waals surface area contributed by atoms with Gasteiger partial charge >= 0.3 is 0 Å². The minimum Gasteiger partial charge on any atom is -0.487 e. The molecule has 0 bridgehead atoms. The molecular weight excluding hydrogens is 260 g/mol. The van der Waals surface area contributed by atoms with Crippen LogP contribution in [0.4, 0.5) is 0 Å². The number of para-hydroxylation sites is 1. The van der Waals surface area contributed by atoms with Gasteiger partial charge in [0.05, 0.1) is 5.52 Å². The maximum Gasteiger partial charge on any atom is 0.133 e. The fourth-order valence-corrected chi connectivity index (χ4v) is 2.20. The Morgan fingerprint density at radius 1 is 1.11 bits per heavy atom. The summed E-state index contributed by atoms with van der Waals surface area (Å²) in [5, 5.41) is 6.32. The second-order valence-electron chi connectivity index (χ2n) is 4.33. The fourth-order valence-electron chi connectivity index (χ4n) is 2.08. The van der Waals surface area contributed by atoms with Crippen molar-refractivity contribution in [2.75, 3.05) is 0 Å². The third kappa shape index (κ3) is 2.42. The van der Waals surface area contributed by atoms with Crippen LogP contribution in [0, 0.1) is 0 Å². The zero-order valence-corrected chi connectivity index (χ0v) is 11.3. The molecule has 0 atom stereocenters. The first kappa shape index (κ1) is 12.1. The third-order valence-corrected chi connectivity index (χ3v) is 3.28. The molecule has 0 aliphatic heterocycles. The highest BCUT2D eigenvalue weighted by molar-refractivity contribution is 6.30. The van der Waals surface area contributed by atoms with Gasteiger partial charge in [0.15, 0.2) is 0 Å². The Morgan fingerprint density at radius 2 is 1.84 bits per heavy atom. The number of aryl methyl sites for hydroxylation is 1. The van der Waals surface area contributed by atoms with E-state index in [1.807, 2.05) is 54.2 Å². The van der Waals surface area contributed by atoms with Crippen LogP contribution in [-0.4, -0.2) is 9.78 Å². The SMILES string of the molecule is Cn1nc(COc2ccc(Cl)cc2)c2ccccc21. The van der Waals surface area contributed by atoms with Crippen molar-refractivity contribution in [2.24, 2.45) is 7.05 Å². The summed E-state index contributed by atoms with van der Waals surface area (Å²) >= 11 is 5.84. The minimum absolute atomic E-state index is 0.447. The average molecular weight is 273 g/mol. The fraction of sp³-hybridized carbons (Fsp3) is 0.133. The first-order valence-electron chi connectivity index (χ1n) is 6.03. The predicted octanol–water partition coefficient (Wildman–Crippen LogP) is 3.81.